The lowest BCUT2D eigenvalue weighted by molar-refractivity contribution is -0.136. The van der Waals surface area contributed by atoms with Crippen molar-refractivity contribution in [2.75, 3.05) is 43.1 Å². The van der Waals surface area contributed by atoms with Crippen molar-refractivity contribution in [3.05, 3.63) is 77.0 Å². The van der Waals surface area contributed by atoms with Crippen molar-refractivity contribution in [3.8, 4) is 0 Å². The maximum absolute atomic E-state index is 14.8. The SMILES string of the molecule is CCc1ccc(N2CC(C)(C)C(OC)c3nc(C(=O)N4CCN(c5ccc(CC(=O)O)cn5)CC4(C)C)ccc32)cc1F. The molecule has 1 fully saturated rings. The zero-order valence-corrected chi connectivity index (χ0v) is 25.7. The third-order valence-corrected chi connectivity index (χ3v) is 8.54. The highest BCUT2D eigenvalue weighted by atomic mass is 19.1. The van der Waals surface area contributed by atoms with Crippen molar-refractivity contribution in [1.29, 1.82) is 0 Å². The number of hydrogen-bond acceptors (Lipinski definition) is 7. The van der Waals surface area contributed by atoms with Crippen LogP contribution in [-0.2, 0) is 22.4 Å². The minimum atomic E-state index is -0.897. The van der Waals surface area contributed by atoms with Gasteiger partial charge >= 0.3 is 5.97 Å². The summed E-state index contributed by atoms with van der Waals surface area (Å²) in [5, 5.41) is 9.04. The highest BCUT2D eigenvalue weighted by Crippen LogP contribution is 2.48. The molecule has 2 aromatic heterocycles. The van der Waals surface area contributed by atoms with Crippen LogP contribution in [0.2, 0.25) is 0 Å². The Morgan fingerprint density at radius 1 is 1.07 bits per heavy atom. The maximum atomic E-state index is 14.8. The van der Waals surface area contributed by atoms with Crippen molar-refractivity contribution in [2.45, 2.75) is 59.1 Å². The van der Waals surface area contributed by atoms with Gasteiger partial charge in [0.1, 0.15) is 23.4 Å². The van der Waals surface area contributed by atoms with E-state index in [9.17, 15) is 14.0 Å². The Morgan fingerprint density at radius 2 is 1.84 bits per heavy atom. The molecular weight excluding hydrogens is 549 g/mol. The van der Waals surface area contributed by atoms with Gasteiger partial charge in [0, 0.05) is 50.6 Å². The number of carbonyl (C=O) groups is 2. The summed E-state index contributed by atoms with van der Waals surface area (Å²) in [6.45, 7) is 12.3. The molecular formula is C33H40FN5O4. The number of piperazine rings is 1. The van der Waals surface area contributed by atoms with Crippen molar-refractivity contribution < 1.29 is 23.8 Å². The predicted molar refractivity (Wildman–Crippen MR) is 163 cm³/mol. The highest BCUT2D eigenvalue weighted by Gasteiger charge is 2.43. The molecule has 9 nitrogen and oxygen atoms in total. The van der Waals surface area contributed by atoms with Crippen LogP contribution in [0, 0.1) is 11.2 Å². The Balaban J connectivity index is 1.41. The molecule has 228 valence electrons. The van der Waals surface area contributed by atoms with Gasteiger partial charge in [-0.25, -0.2) is 14.4 Å². The molecule has 1 amide bonds. The molecule has 0 radical (unpaired) electrons. The number of hydrogen-bond donors (Lipinski definition) is 1. The Labute approximate surface area is 252 Å². The molecule has 1 aromatic carbocycles. The van der Waals surface area contributed by atoms with Gasteiger partial charge < -0.3 is 24.5 Å². The summed E-state index contributed by atoms with van der Waals surface area (Å²) in [6.07, 6.45) is 1.78. The first kappa shape index (κ1) is 30.4. The van der Waals surface area contributed by atoms with E-state index in [1.165, 1.54) is 0 Å². The number of carboxylic acids is 1. The molecule has 1 unspecified atom stereocenters. The third kappa shape index (κ3) is 5.93. The molecule has 0 saturated carbocycles. The van der Waals surface area contributed by atoms with E-state index in [-0.39, 0.29) is 29.7 Å². The number of methoxy groups -OCH3 is 1. The Kier molecular flexibility index (Phi) is 8.17. The Morgan fingerprint density at radius 3 is 2.44 bits per heavy atom. The number of aliphatic carboxylic acids is 1. The van der Waals surface area contributed by atoms with Gasteiger partial charge in [-0.3, -0.25) is 9.59 Å². The van der Waals surface area contributed by atoms with Gasteiger partial charge in [0.15, 0.2) is 0 Å². The van der Waals surface area contributed by atoms with Crippen LogP contribution in [0.5, 0.6) is 0 Å². The monoisotopic (exact) mass is 589 g/mol. The van der Waals surface area contributed by atoms with Crippen molar-refractivity contribution in [1.82, 2.24) is 14.9 Å². The number of carbonyl (C=O) groups excluding carboxylic acids is 1. The first-order chi connectivity index (χ1) is 20.3. The smallest absolute Gasteiger partial charge is 0.307 e. The number of amides is 1. The summed E-state index contributed by atoms with van der Waals surface area (Å²) in [4.78, 5) is 40.4. The topological polar surface area (TPSA) is 99.1 Å². The number of nitrogens with zero attached hydrogens (tertiary/aromatic N) is 5. The lowest BCUT2D eigenvalue weighted by Gasteiger charge is -2.47. The van der Waals surface area contributed by atoms with Gasteiger partial charge in [-0.2, -0.15) is 0 Å². The van der Waals surface area contributed by atoms with Crippen LogP contribution in [0.3, 0.4) is 0 Å². The average Bonchev–Trinajstić information content (AvgIpc) is 2.95. The van der Waals surface area contributed by atoms with Crippen LogP contribution in [0.15, 0.2) is 48.7 Å². The van der Waals surface area contributed by atoms with Gasteiger partial charge in [0.2, 0.25) is 0 Å². The summed E-state index contributed by atoms with van der Waals surface area (Å²) in [5.41, 5.74) is 2.95. The molecule has 3 aromatic rings. The van der Waals surface area contributed by atoms with Crippen LogP contribution in [0.25, 0.3) is 0 Å². The molecule has 0 bridgehead atoms. The number of benzene rings is 1. The maximum Gasteiger partial charge on any atom is 0.307 e. The lowest BCUT2D eigenvalue weighted by atomic mass is 9.79. The number of carboxylic acid groups (broad SMARTS) is 1. The largest absolute Gasteiger partial charge is 0.481 e. The fraction of sp³-hybridized carbons (Fsp3) is 0.455. The zero-order valence-electron chi connectivity index (χ0n) is 25.7. The first-order valence-corrected chi connectivity index (χ1v) is 14.7. The van der Waals surface area contributed by atoms with Gasteiger partial charge in [0.05, 0.1) is 23.3 Å². The molecule has 1 saturated heterocycles. The van der Waals surface area contributed by atoms with E-state index in [4.69, 9.17) is 14.8 Å². The standard InChI is InChI=1S/C33H40FN5O4/c1-7-22-9-10-23(17-24(22)34)38-19-32(2,3)30(43-6)29-26(38)12-11-25(36-29)31(42)39-15-14-37(20-33(39,4)5)27-13-8-21(18-35-27)16-28(40)41/h8-13,17-18,30H,7,14-16,19-20H2,1-6H3,(H,40,41). The van der Waals surface area contributed by atoms with E-state index < -0.39 is 11.5 Å². The summed E-state index contributed by atoms with van der Waals surface area (Å²) in [6, 6.07) is 12.6. The molecule has 10 heteroatoms. The van der Waals surface area contributed by atoms with Gasteiger partial charge in [0.25, 0.3) is 5.91 Å². The quantitative estimate of drug-likeness (QED) is 0.391. The predicted octanol–water partition coefficient (Wildman–Crippen LogP) is 5.41. The third-order valence-electron chi connectivity index (χ3n) is 8.54. The summed E-state index contributed by atoms with van der Waals surface area (Å²) in [7, 11) is 1.66. The molecule has 1 N–H and O–H groups in total. The second-order valence-electron chi connectivity index (χ2n) is 12.7. The van der Waals surface area contributed by atoms with E-state index in [1.807, 2.05) is 49.9 Å². The number of aryl methyl sites for hydroxylation is 1. The molecule has 4 heterocycles. The summed E-state index contributed by atoms with van der Waals surface area (Å²) >= 11 is 0. The molecule has 2 aliphatic heterocycles. The average molecular weight is 590 g/mol. The van der Waals surface area contributed by atoms with E-state index in [0.717, 1.165) is 17.2 Å². The van der Waals surface area contributed by atoms with E-state index in [2.05, 4.69) is 28.6 Å². The van der Waals surface area contributed by atoms with Crippen LogP contribution >= 0.6 is 0 Å². The molecule has 0 aliphatic carbocycles. The number of rotatable bonds is 7. The normalized spacial score (nSPS) is 19.2. The number of halogens is 1. The summed E-state index contributed by atoms with van der Waals surface area (Å²) < 4.78 is 20.8. The van der Waals surface area contributed by atoms with Crippen LogP contribution in [0.4, 0.5) is 21.6 Å². The summed E-state index contributed by atoms with van der Waals surface area (Å²) in [5.74, 6) is -0.554. The van der Waals surface area contributed by atoms with Crippen molar-refractivity contribution in [3.63, 3.8) is 0 Å². The zero-order chi connectivity index (χ0) is 31.1. The number of anilines is 3. The van der Waals surface area contributed by atoms with Gasteiger partial charge in [-0.15, -0.1) is 0 Å². The molecule has 0 spiro atoms. The number of pyridine rings is 2. The minimum Gasteiger partial charge on any atom is -0.481 e. The van der Waals surface area contributed by atoms with E-state index >= 15 is 0 Å². The fourth-order valence-corrected chi connectivity index (χ4v) is 6.35. The van der Waals surface area contributed by atoms with Crippen LogP contribution < -0.4 is 9.80 Å². The Hall–Kier alpha value is -4.05. The number of aromatic nitrogens is 2. The van der Waals surface area contributed by atoms with E-state index in [1.54, 1.807) is 31.5 Å². The number of fused-ring (bicyclic) bond motifs is 1. The Bertz CT molecular complexity index is 1520. The van der Waals surface area contributed by atoms with Gasteiger partial charge in [-0.05, 0) is 61.7 Å². The molecule has 1 atom stereocenters. The van der Waals surface area contributed by atoms with E-state index in [0.29, 0.717) is 55.1 Å². The first-order valence-electron chi connectivity index (χ1n) is 14.7. The van der Waals surface area contributed by atoms with Crippen LogP contribution in [0.1, 0.15) is 68.0 Å². The minimum absolute atomic E-state index is 0.0737. The van der Waals surface area contributed by atoms with Crippen molar-refractivity contribution in [2.24, 2.45) is 5.41 Å². The second kappa shape index (κ2) is 11.6. The number of ether oxygens (including phenoxy) is 1. The van der Waals surface area contributed by atoms with Gasteiger partial charge in [-0.1, -0.05) is 32.9 Å². The van der Waals surface area contributed by atoms with Crippen LogP contribution in [-0.4, -0.2) is 70.7 Å². The highest BCUT2D eigenvalue weighted by molar-refractivity contribution is 5.93. The molecule has 2 aliphatic rings. The van der Waals surface area contributed by atoms with Crippen molar-refractivity contribution >= 4 is 29.1 Å². The fourth-order valence-electron chi connectivity index (χ4n) is 6.35. The molecule has 43 heavy (non-hydrogen) atoms. The molecule has 5 rings (SSSR count). The lowest BCUT2D eigenvalue weighted by Crippen LogP contribution is -2.61. The second-order valence-corrected chi connectivity index (χ2v) is 12.7.